The molecule has 0 aliphatic heterocycles. The summed E-state index contributed by atoms with van der Waals surface area (Å²) in [6, 6.07) is 4.70. The molecule has 1 aliphatic rings. The summed E-state index contributed by atoms with van der Waals surface area (Å²) in [6.45, 7) is 1.33. The van der Waals surface area contributed by atoms with Crippen LogP contribution in [0.25, 0.3) is 0 Å². The third-order valence-corrected chi connectivity index (χ3v) is 3.72. The van der Waals surface area contributed by atoms with Gasteiger partial charge in [-0.05, 0) is 32.0 Å². The Morgan fingerprint density at radius 1 is 1.58 bits per heavy atom. The van der Waals surface area contributed by atoms with Crippen LogP contribution < -0.4 is 5.73 Å². The molecule has 1 atom stereocenters. The number of hydrogen-bond donors (Lipinski definition) is 1. The molecular formula is C14H20N4O. The molecule has 1 unspecified atom stereocenters. The van der Waals surface area contributed by atoms with Gasteiger partial charge in [-0.15, -0.1) is 0 Å². The average molecular weight is 260 g/mol. The number of imidazole rings is 1. The minimum Gasteiger partial charge on any atom is -0.468 e. The number of nitrogens with two attached hydrogens (primary N) is 1. The maximum absolute atomic E-state index is 5.97. The lowest BCUT2D eigenvalue weighted by Crippen LogP contribution is -2.31. The van der Waals surface area contributed by atoms with Crippen molar-refractivity contribution in [1.82, 2.24) is 14.5 Å². The van der Waals surface area contributed by atoms with Crippen LogP contribution in [0.1, 0.15) is 36.4 Å². The molecule has 19 heavy (non-hydrogen) atoms. The molecule has 0 saturated heterocycles. The molecule has 2 aromatic rings. The van der Waals surface area contributed by atoms with E-state index in [9.17, 15) is 0 Å². The fraction of sp³-hybridized carbons (Fsp3) is 0.500. The predicted octanol–water partition coefficient (Wildman–Crippen LogP) is 1.94. The Balaban J connectivity index is 1.77. The summed E-state index contributed by atoms with van der Waals surface area (Å²) < 4.78 is 7.68. The second-order valence-corrected chi connectivity index (χ2v) is 5.20. The summed E-state index contributed by atoms with van der Waals surface area (Å²) in [6.07, 6.45) is 8.07. The predicted molar refractivity (Wildman–Crippen MR) is 72.5 cm³/mol. The van der Waals surface area contributed by atoms with Crippen molar-refractivity contribution in [3.8, 4) is 0 Å². The third-order valence-electron chi connectivity index (χ3n) is 3.72. The molecule has 5 heteroatoms. The van der Waals surface area contributed by atoms with Crippen LogP contribution in [0, 0.1) is 0 Å². The van der Waals surface area contributed by atoms with E-state index in [1.54, 1.807) is 6.26 Å². The lowest BCUT2D eigenvalue weighted by atomic mass is 10.2. The minimum atomic E-state index is 0.174. The topological polar surface area (TPSA) is 60.2 Å². The van der Waals surface area contributed by atoms with Crippen LogP contribution in [-0.2, 0) is 6.54 Å². The molecule has 0 bridgehead atoms. The molecule has 0 aromatic carbocycles. The molecule has 1 fully saturated rings. The van der Waals surface area contributed by atoms with E-state index < -0.39 is 0 Å². The van der Waals surface area contributed by atoms with Crippen LogP contribution in [0.5, 0.6) is 0 Å². The maximum Gasteiger partial charge on any atom is 0.117 e. The van der Waals surface area contributed by atoms with Crippen LogP contribution in [0.4, 0.5) is 0 Å². The molecule has 0 amide bonds. The zero-order valence-corrected chi connectivity index (χ0v) is 11.2. The van der Waals surface area contributed by atoms with Gasteiger partial charge in [0.05, 0.1) is 30.9 Å². The van der Waals surface area contributed by atoms with Gasteiger partial charge in [0.15, 0.2) is 0 Å². The van der Waals surface area contributed by atoms with Crippen molar-refractivity contribution in [2.75, 3.05) is 13.6 Å². The van der Waals surface area contributed by atoms with Crippen molar-refractivity contribution in [3.63, 3.8) is 0 Å². The van der Waals surface area contributed by atoms with Gasteiger partial charge in [-0.3, -0.25) is 4.90 Å². The first kappa shape index (κ1) is 12.4. The Hall–Kier alpha value is -1.59. The summed E-state index contributed by atoms with van der Waals surface area (Å²) in [5.74, 6) is 0.957. The molecule has 0 spiro atoms. The molecule has 1 aliphatic carbocycles. The fourth-order valence-electron chi connectivity index (χ4n) is 2.52. The van der Waals surface area contributed by atoms with Gasteiger partial charge in [0.2, 0.25) is 0 Å². The monoisotopic (exact) mass is 260 g/mol. The summed E-state index contributed by atoms with van der Waals surface area (Å²) in [5, 5.41) is 0. The molecule has 1 saturated carbocycles. The third kappa shape index (κ3) is 2.57. The van der Waals surface area contributed by atoms with E-state index in [4.69, 9.17) is 10.2 Å². The first-order valence-corrected chi connectivity index (χ1v) is 6.74. The number of hydrogen-bond acceptors (Lipinski definition) is 4. The summed E-state index contributed by atoms with van der Waals surface area (Å²) in [5.41, 5.74) is 7.18. The van der Waals surface area contributed by atoms with E-state index in [1.165, 1.54) is 18.5 Å². The Bertz CT molecular complexity index is 515. The average Bonchev–Trinajstić information content (AvgIpc) is 2.91. The number of aromatic nitrogens is 2. The second-order valence-electron chi connectivity index (χ2n) is 5.20. The lowest BCUT2D eigenvalue weighted by Gasteiger charge is -2.27. The van der Waals surface area contributed by atoms with E-state index in [1.807, 2.05) is 24.7 Å². The summed E-state index contributed by atoms with van der Waals surface area (Å²) in [7, 11) is 2.07. The maximum atomic E-state index is 5.97. The lowest BCUT2D eigenvalue weighted by molar-refractivity contribution is 0.215. The zero-order chi connectivity index (χ0) is 13.2. The summed E-state index contributed by atoms with van der Waals surface area (Å²) in [4.78, 5) is 6.51. The van der Waals surface area contributed by atoms with E-state index in [-0.39, 0.29) is 6.04 Å². The van der Waals surface area contributed by atoms with Crippen molar-refractivity contribution in [2.24, 2.45) is 5.73 Å². The normalized spacial score (nSPS) is 17.0. The van der Waals surface area contributed by atoms with Crippen LogP contribution in [0.15, 0.2) is 35.3 Å². The van der Waals surface area contributed by atoms with Crippen LogP contribution in [0.2, 0.25) is 0 Å². The SMILES string of the molecule is CN(Cc1ccco1)C(CN)c1cncn1C1CC1. The van der Waals surface area contributed by atoms with Crippen molar-refractivity contribution in [2.45, 2.75) is 31.5 Å². The van der Waals surface area contributed by atoms with Crippen molar-refractivity contribution in [3.05, 3.63) is 42.4 Å². The molecule has 2 aromatic heterocycles. The van der Waals surface area contributed by atoms with E-state index in [2.05, 4.69) is 21.5 Å². The van der Waals surface area contributed by atoms with E-state index >= 15 is 0 Å². The molecular weight excluding hydrogens is 240 g/mol. The highest BCUT2D eigenvalue weighted by Crippen LogP contribution is 2.37. The Kier molecular flexibility index (Phi) is 3.40. The van der Waals surface area contributed by atoms with E-state index in [0.717, 1.165) is 12.3 Å². The zero-order valence-electron chi connectivity index (χ0n) is 11.2. The van der Waals surface area contributed by atoms with Gasteiger partial charge in [0.25, 0.3) is 0 Å². The number of nitrogens with zero attached hydrogens (tertiary/aromatic N) is 3. The fourth-order valence-corrected chi connectivity index (χ4v) is 2.52. The van der Waals surface area contributed by atoms with Gasteiger partial charge in [-0.25, -0.2) is 4.98 Å². The molecule has 2 N–H and O–H groups in total. The standard InChI is InChI=1S/C14H20N4O/c1-17(9-12-3-2-6-19-12)13(7-15)14-8-16-10-18(14)11-4-5-11/h2-3,6,8,10-11,13H,4-5,7,9,15H2,1H3. The van der Waals surface area contributed by atoms with Crippen molar-refractivity contribution >= 4 is 0 Å². The molecule has 2 heterocycles. The Morgan fingerprint density at radius 2 is 2.42 bits per heavy atom. The van der Waals surface area contributed by atoms with Gasteiger partial charge in [0, 0.05) is 18.8 Å². The Morgan fingerprint density at radius 3 is 3.05 bits per heavy atom. The van der Waals surface area contributed by atoms with Crippen LogP contribution in [-0.4, -0.2) is 28.0 Å². The largest absolute Gasteiger partial charge is 0.468 e. The Labute approximate surface area is 113 Å². The van der Waals surface area contributed by atoms with Gasteiger partial charge >= 0.3 is 0 Å². The smallest absolute Gasteiger partial charge is 0.117 e. The number of likely N-dealkylation sites (N-methyl/N-ethyl adjacent to an activating group) is 1. The molecule has 0 radical (unpaired) electrons. The quantitative estimate of drug-likeness (QED) is 0.862. The number of rotatable bonds is 6. The van der Waals surface area contributed by atoms with Crippen molar-refractivity contribution in [1.29, 1.82) is 0 Å². The first-order chi connectivity index (χ1) is 9.29. The first-order valence-electron chi connectivity index (χ1n) is 6.74. The van der Waals surface area contributed by atoms with Gasteiger partial charge < -0.3 is 14.7 Å². The van der Waals surface area contributed by atoms with Gasteiger partial charge in [0.1, 0.15) is 5.76 Å². The molecule has 5 nitrogen and oxygen atoms in total. The highest BCUT2D eigenvalue weighted by atomic mass is 16.3. The van der Waals surface area contributed by atoms with E-state index in [0.29, 0.717) is 12.6 Å². The van der Waals surface area contributed by atoms with Crippen molar-refractivity contribution < 1.29 is 4.42 Å². The van der Waals surface area contributed by atoms with Gasteiger partial charge in [-0.2, -0.15) is 0 Å². The van der Waals surface area contributed by atoms with Gasteiger partial charge in [-0.1, -0.05) is 0 Å². The molecule has 3 rings (SSSR count). The molecule has 102 valence electrons. The van der Waals surface area contributed by atoms with Crippen LogP contribution in [0.3, 0.4) is 0 Å². The number of furan rings is 1. The highest BCUT2D eigenvalue weighted by Gasteiger charge is 2.29. The second kappa shape index (κ2) is 5.19. The minimum absolute atomic E-state index is 0.174. The highest BCUT2D eigenvalue weighted by molar-refractivity contribution is 5.10. The summed E-state index contributed by atoms with van der Waals surface area (Å²) >= 11 is 0. The van der Waals surface area contributed by atoms with Crippen LogP contribution >= 0.6 is 0 Å².